The Bertz CT molecular complexity index is 889. The fourth-order valence-corrected chi connectivity index (χ4v) is 3.78. The molecule has 0 radical (unpaired) electrons. The van der Waals surface area contributed by atoms with Crippen LogP contribution in [0.4, 0.5) is 0 Å². The van der Waals surface area contributed by atoms with Gasteiger partial charge in [-0.1, -0.05) is 5.16 Å². The van der Waals surface area contributed by atoms with E-state index in [0.29, 0.717) is 42.2 Å². The number of ether oxygens (including phenoxy) is 2. The van der Waals surface area contributed by atoms with Gasteiger partial charge in [0.05, 0.1) is 17.9 Å². The molecule has 1 N–H and O–H groups in total. The van der Waals surface area contributed by atoms with Crippen LogP contribution in [-0.4, -0.2) is 78.3 Å². The lowest BCUT2D eigenvalue weighted by Crippen LogP contribution is -2.48. The van der Waals surface area contributed by atoms with E-state index in [2.05, 4.69) is 15.0 Å². The van der Waals surface area contributed by atoms with Crippen LogP contribution >= 0.6 is 0 Å². The van der Waals surface area contributed by atoms with Gasteiger partial charge in [0.15, 0.2) is 0 Å². The minimum absolute atomic E-state index is 0.0940. The Labute approximate surface area is 176 Å². The molecule has 1 aliphatic rings. The number of methoxy groups -OCH3 is 1. The molecule has 9 heteroatoms. The number of nitrogens with one attached hydrogen (secondary N) is 1. The first-order valence-electron chi connectivity index (χ1n) is 10.1. The Hall–Kier alpha value is -2.65. The molecule has 3 heterocycles. The van der Waals surface area contributed by atoms with Crippen LogP contribution < -0.4 is 0 Å². The van der Waals surface area contributed by atoms with Crippen LogP contribution in [0, 0.1) is 27.7 Å². The van der Waals surface area contributed by atoms with Crippen LogP contribution in [0.15, 0.2) is 4.52 Å². The fraction of sp³-hybridized carbons (Fsp3) is 0.571. The topological polar surface area (TPSA) is 101 Å². The van der Waals surface area contributed by atoms with Crippen molar-refractivity contribution in [2.24, 2.45) is 0 Å². The smallest absolute Gasteiger partial charge is 0.340 e. The molecule has 30 heavy (non-hydrogen) atoms. The first-order valence-corrected chi connectivity index (χ1v) is 10.1. The summed E-state index contributed by atoms with van der Waals surface area (Å²) in [7, 11) is 1.55. The number of aryl methyl sites for hydroxylation is 3. The van der Waals surface area contributed by atoms with Gasteiger partial charge >= 0.3 is 5.97 Å². The maximum atomic E-state index is 13.1. The minimum atomic E-state index is -0.443. The van der Waals surface area contributed by atoms with Gasteiger partial charge < -0.3 is 23.9 Å². The van der Waals surface area contributed by atoms with Crippen molar-refractivity contribution in [1.82, 2.24) is 19.9 Å². The predicted octanol–water partition coefficient (Wildman–Crippen LogP) is 2.00. The van der Waals surface area contributed by atoms with E-state index in [4.69, 9.17) is 14.0 Å². The number of hydrogen-bond donors (Lipinski definition) is 1. The van der Waals surface area contributed by atoms with Crippen molar-refractivity contribution in [3.05, 3.63) is 39.5 Å². The normalized spacial score (nSPS) is 14.9. The van der Waals surface area contributed by atoms with Gasteiger partial charge in [-0.15, -0.1) is 0 Å². The van der Waals surface area contributed by atoms with E-state index in [-0.39, 0.29) is 12.5 Å². The van der Waals surface area contributed by atoms with E-state index in [9.17, 15) is 9.59 Å². The molecule has 164 valence electrons. The van der Waals surface area contributed by atoms with Crippen LogP contribution in [0.5, 0.6) is 0 Å². The quantitative estimate of drug-likeness (QED) is 0.542. The Morgan fingerprint density at radius 2 is 1.80 bits per heavy atom. The number of esters is 1. The third kappa shape index (κ3) is 4.57. The molecule has 3 rings (SSSR count). The highest BCUT2D eigenvalue weighted by molar-refractivity contribution is 6.00. The predicted molar refractivity (Wildman–Crippen MR) is 110 cm³/mol. The lowest BCUT2D eigenvalue weighted by atomic mass is 10.1. The summed E-state index contributed by atoms with van der Waals surface area (Å²) in [6, 6.07) is 0. The van der Waals surface area contributed by atoms with Crippen LogP contribution in [0.2, 0.25) is 0 Å². The Morgan fingerprint density at radius 1 is 1.10 bits per heavy atom. The zero-order chi connectivity index (χ0) is 21.8. The standard InChI is InChI=1S/C21H30N4O5/c1-13-18(21(27)29-11-10-28-5)15(3)22-19(13)20(26)25-8-6-24(7-9-25)12-17-14(2)23-30-16(17)4/h22H,6-12H2,1-5H3. The monoisotopic (exact) mass is 418 g/mol. The highest BCUT2D eigenvalue weighted by Crippen LogP contribution is 2.22. The number of H-pyrrole nitrogens is 1. The molecule has 2 aromatic rings. The molecule has 0 aromatic carbocycles. The molecule has 9 nitrogen and oxygen atoms in total. The summed E-state index contributed by atoms with van der Waals surface area (Å²) in [6.45, 7) is 11.5. The van der Waals surface area contributed by atoms with Gasteiger partial charge in [-0.3, -0.25) is 9.69 Å². The second-order valence-electron chi connectivity index (χ2n) is 7.62. The van der Waals surface area contributed by atoms with Crippen molar-refractivity contribution in [3.63, 3.8) is 0 Å². The second kappa shape index (κ2) is 9.44. The maximum absolute atomic E-state index is 13.1. The van der Waals surface area contributed by atoms with Crippen LogP contribution in [0.3, 0.4) is 0 Å². The molecule has 0 saturated carbocycles. The summed E-state index contributed by atoms with van der Waals surface area (Å²) in [6.07, 6.45) is 0. The van der Waals surface area contributed by atoms with Crippen LogP contribution in [-0.2, 0) is 16.0 Å². The zero-order valence-corrected chi connectivity index (χ0v) is 18.3. The summed E-state index contributed by atoms with van der Waals surface area (Å²) in [5, 5.41) is 4.01. The number of hydrogen-bond acceptors (Lipinski definition) is 7. The molecular weight excluding hydrogens is 388 g/mol. The molecule has 0 atom stereocenters. The van der Waals surface area contributed by atoms with Gasteiger partial charge in [0.2, 0.25) is 0 Å². The van der Waals surface area contributed by atoms with Gasteiger partial charge in [-0.2, -0.15) is 0 Å². The average Bonchev–Trinajstić information content (AvgIpc) is 3.20. The SMILES string of the molecule is COCCOC(=O)c1c(C)[nH]c(C(=O)N2CCN(Cc3c(C)noc3C)CC2)c1C. The maximum Gasteiger partial charge on any atom is 0.340 e. The molecule has 1 amide bonds. The minimum Gasteiger partial charge on any atom is -0.460 e. The highest BCUT2D eigenvalue weighted by Gasteiger charge is 2.28. The highest BCUT2D eigenvalue weighted by atomic mass is 16.6. The third-order valence-corrected chi connectivity index (χ3v) is 5.60. The number of aromatic nitrogens is 2. The van der Waals surface area contributed by atoms with E-state index in [0.717, 1.165) is 36.7 Å². The van der Waals surface area contributed by atoms with Crippen molar-refractivity contribution in [2.75, 3.05) is 46.5 Å². The van der Waals surface area contributed by atoms with Crippen LogP contribution in [0.1, 0.15) is 49.1 Å². The van der Waals surface area contributed by atoms with Gasteiger partial charge in [0, 0.05) is 51.1 Å². The number of piperazine rings is 1. The Kier molecular flexibility index (Phi) is 6.94. The second-order valence-corrected chi connectivity index (χ2v) is 7.62. The number of nitrogens with zero attached hydrogens (tertiary/aromatic N) is 3. The van der Waals surface area contributed by atoms with Crippen molar-refractivity contribution in [3.8, 4) is 0 Å². The summed E-state index contributed by atoms with van der Waals surface area (Å²) in [5.41, 5.74) is 4.15. The summed E-state index contributed by atoms with van der Waals surface area (Å²) < 4.78 is 15.4. The number of aromatic amines is 1. The third-order valence-electron chi connectivity index (χ3n) is 5.60. The van der Waals surface area contributed by atoms with E-state index >= 15 is 0 Å². The summed E-state index contributed by atoms with van der Waals surface area (Å²) >= 11 is 0. The van der Waals surface area contributed by atoms with Gasteiger partial charge in [0.1, 0.15) is 18.1 Å². The molecule has 1 fully saturated rings. The molecule has 0 aliphatic carbocycles. The first-order chi connectivity index (χ1) is 14.3. The number of amides is 1. The average molecular weight is 418 g/mol. The lowest BCUT2D eigenvalue weighted by Gasteiger charge is -2.34. The lowest BCUT2D eigenvalue weighted by molar-refractivity contribution is 0.0387. The van der Waals surface area contributed by atoms with Crippen molar-refractivity contribution in [1.29, 1.82) is 0 Å². The molecule has 0 spiro atoms. The number of carbonyl (C=O) groups is 2. The van der Waals surface area contributed by atoms with E-state index in [1.807, 2.05) is 18.7 Å². The summed E-state index contributed by atoms with van der Waals surface area (Å²) in [4.78, 5) is 32.7. The zero-order valence-electron chi connectivity index (χ0n) is 18.3. The molecule has 1 saturated heterocycles. The van der Waals surface area contributed by atoms with Gasteiger partial charge in [-0.25, -0.2) is 4.79 Å². The first kappa shape index (κ1) is 22.0. The van der Waals surface area contributed by atoms with Gasteiger partial charge in [0.25, 0.3) is 5.91 Å². The van der Waals surface area contributed by atoms with Crippen molar-refractivity contribution in [2.45, 2.75) is 34.2 Å². The molecular formula is C21H30N4O5. The number of rotatable bonds is 7. The van der Waals surface area contributed by atoms with E-state index in [1.54, 1.807) is 21.0 Å². The largest absolute Gasteiger partial charge is 0.460 e. The summed E-state index contributed by atoms with van der Waals surface area (Å²) in [5.74, 6) is 0.304. The van der Waals surface area contributed by atoms with Crippen molar-refractivity contribution >= 4 is 11.9 Å². The molecule has 0 bridgehead atoms. The molecule has 0 unspecified atom stereocenters. The molecule has 1 aliphatic heterocycles. The van der Waals surface area contributed by atoms with Gasteiger partial charge in [-0.05, 0) is 33.3 Å². The van der Waals surface area contributed by atoms with E-state index < -0.39 is 5.97 Å². The van der Waals surface area contributed by atoms with Crippen LogP contribution in [0.25, 0.3) is 0 Å². The fourth-order valence-electron chi connectivity index (χ4n) is 3.78. The molecule has 2 aromatic heterocycles. The van der Waals surface area contributed by atoms with E-state index in [1.165, 1.54) is 0 Å². The Morgan fingerprint density at radius 3 is 2.40 bits per heavy atom. The Balaban J connectivity index is 1.62. The number of carbonyl (C=O) groups excluding carboxylic acids is 2. The van der Waals surface area contributed by atoms with Crippen molar-refractivity contribution < 1.29 is 23.6 Å².